The molecule has 0 spiro atoms. The summed E-state index contributed by atoms with van der Waals surface area (Å²) in [5, 5.41) is 59.0. The highest BCUT2D eigenvalue weighted by Gasteiger charge is 2.27. The van der Waals surface area contributed by atoms with Crippen LogP contribution in [0.5, 0.6) is 28.7 Å². The highest BCUT2D eigenvalue weighted by molar-refractivity contribution is 5.58. The van der Waals surface area contributed by atoms with Gasteiger partial charge in [-0.1, -0.05) is 165 Å². The maximum Gasteiger partial charge on any atom is 0.122 e. The molecule has 0 aliphatic rings. The molecule has 0 aliphatic heterocycles. The van der Waals surface area contributed by atoms with Gasteiger partial charge in [-0.15, -0.1) is 0 Å². The van der Waals surface area contributed by atoms with Crippen LogP contribution in [0.1, 0.15) is 187 Å². The Bertz CT molecular complexity index is 2280. The standard InChI is InChI=1S/C56H74O5/c1-32-18-42(52(3,4)5)24-34(47(32)57)20-36-26-44(54(9,10)11)28-38(49(36)59)22-40-30-46(56(15,16)17)31-41(51(40)61)23-39-29-45(55(12,13)14)27-37(50(39)60)21-35-25-43(53(6,7)8)19-33(2)48(35)58/h18-19,24-31,57-61H,20-23H2,1-17H3. The summed E-state index contributed by atoms with van der Waals surface area (Å²) in [7, 11) is 0. The second kappa shape index (κ2) is 16.4. The molecule has 0 bridgehead atoms. The van der Waals surface area contributed by atoms with Gasteiger partial charge in [0.25, 0.3) is 0 Å². The molecule has 0 saturated carbocycles. The highest BCUT2D eigenvalue weighted by Crippen LogP contribution is 2.42. The van der Waals surface area contributed by atoms with Gasteiger partial charge in [-0.05, 0) is 124 Å². The predicted octanol–water partition coefficient (Wildman–Crippen LogP) is 13.7. The van der Waals surface area contributed by atoms with Crippen molar-refractivity contribution in [1.29, 1.82) is 0 Å². The van der Waals surface area contributed by atoms with Crippen LogP contribution in [0.4, 0.5) is 0 Å². The van der Waals surface area contributed by atoms with E-state index in [1.807, 2.05) is 38.1 Å². The van der Waals surface area contributed by atoms with Gasteiger partial charge in [-0.25, -0.2) is 0 Å². The van der Waals surface area contributed by atoms with Gasteiger partial charge in [0.2, 0.25) is 0 Å². The zero-order valence-electron chi connectivity index (χ0n) is 40.3. The van der Waals surface area contributed by atoms with Crippen molar-refractivity contribution in [2.45, 2.75) is 170 Å². The molecule has 0 aliphatic carbocycles. The summed E-state index contributed by atoms with van der Waals surface area (Å²) in [4.78, 5) is 0. The van der Waals surface area contributed by atoms with E-state index in [0.29, 0.717) is 35.1 Å². The van der Waals surface area contributed by atoms with Gasteiger partial charge in [-0.2, -0.15) is 0 Å². The first-order valence-electron chi connectivity index (χ1n) is 22.0. The summed E-state index contributed by atoms with van der Waals surface area (Å²) >= 11 is 0. The Kier molecular flexibility index (Phi) is 12.7. The van der Waals surface area contributed by atoms with Gasteiger partial charge in [0.1, 0.15) is 28.7 Å². The Morgan fingerprint density at radius 2 is 0.410 bits per heavy atom. The fourth-order valence-electron chi connectivity index (χ4n) is 8.05. The summed E-state index contributed by atoms with van der Waals surface area (Å²) in [5.41, 5.74) is 11.8. The molecule has 0 saturated heterocycles. The van der Waals surface area contributed by atoms with Crippen LogP contribution in [0.15, 0.2) is 60.7 Å². The first kappa shape index (κ1) is 47.2. The lowest BCUT2D eigenvalue weighted by Crippen LogP contribution is -2.15. The van der Waals surface area contributed by atoms with Gasteiger partial charge in [0, 0.05) is 25.7 Å². The van der Waals surface area contributed by atoms with Crippen LogP contribution >= 0.6 is 0 Å². The maximum absolute atomic E-state index is 12.3. The second-order valence-electron chi connectivity index (χ2n) is 23.0. The normalized spacial score (nSPS) is 12.9. The first-order valence-corrected chi connectivity index (χ1v) is 22.0. The molecule has 5 aromatic rings. The van der Waals surface area contributed by atoms with E-state index in [1.54, 1.807) is 0 Å². The topological polar surface area (TPSA) is 101 Å². The molecule has 5 nitrogen and oxygen atoms in total. The number of rotatable bonds is 8. The van der Waals surface area contributed by atoms with E-state index in [9.17, 15) is 25.5 Å². The summed E-state index contributed by atoms with van der Waals surface area (Å²) in [5.74, 6) is 0.921. The van der Waals surface area contributed by atoms with Crippen LogP contribution in [-0.2, 0) is 52.8 Å². The molecular formula is C56H74O5. The molecular weight excluding hydrogens is 753 g/mol. The van der Waals surface area contributed by atoms with E-state index >= 15 is 0 Å². The summed E-state index contributed by atoms with van der Waals surface area (Å²) in [6.07, 6.45) is 1.26. The number of benzene rings is 5. The third-order valence-corrected chi connectivity index (χ3v) is 12.4. The number of aryl methyl sites for hydroxylation is 2. The molecule has 328 valence electrons. The Balaban J connectivity index is 1.65. The summed E-state index contributed by atoms with van der Waals surface area (Å²) in [6.45, 7) is 36.2. The zero-order chi connectivity index (χ0) is 45.9. The van der Waals surface area contributed by atoms with Crippen molar-refractivity contribution in [2.75, 3.05) is 0 Å². The third-order valence-electron chi connectivity index (χ3n) is 12.4. The summed E-state index contributed by atoms with van der Waals surface area (Å²) < 4.78 is 0. The first-order chi connectivity index (χ1) is 27.7. The van der Waals surface area contributed by atoms with Crippen molar-refractivity contribution in [3.05, 3.63) is 144 Å². The third kappa shape index (κ3) is 10.6. The van der Waals surface area contributed by atoms with Crippen molar-refractivity contribution < 1.29 is 25.5 Å². The molecule has 5 N–H and O–H groups in total. The molecule has 0 heterocycles. The van der Waals surface area contributed by atoms with Crippen LogP contribution in [0.2, 0.25) is 0 Å². The predicted molar refractivity (Wildman–Crippen MR) is 255 cm³/mol. The molecule has 61 heavy (non-hydrogen) atoms. The van der Waals surface area contributed by atoms with E-state index in [2.05, 4.69) is 140 Å². The van der Waals surface area contributed by atoms with E-state index < -0.39 is 0 Å². The lowest BCUT2D eigenvalue weighted by atomic mass is 9.80. The summed E-state index contributed by atoms with van der Waals surface area (Å²) in [6, 6.07) is 20.5. The molecule has 5 aromatic carbocycles. The lowest BCUT2D eigenvalue weighted by molar-refractivity contribution is 0.451. The molecule has 0 amide bonds. The average molecular weight is 827 g/mol. The van der Waals surface area contributed by atoms with E-state index in [0.717, 1.165) is 61.2 Å². The molecule has 0 fully saturated rings. The van der Waals surface area contributed by atoms with E-state index in [1.165, 1.54) is 0 Å². The van der Waals surface area contributed by atoms with Crippen LogP contribution in [0, 0.1) is 13.8 Å². The largest absolute Gasteiger partial charge is 0.507 e. The molecule has 5 rings (SSSR count). The lowest BCUT2D eigenvalue weighted by Gasteiger charge is -2.26. The number of hydrogen-bond donors (Lipinski definition) is 5. The second-order valence-corrected chi connectivity index (χ2v) is 23.0. The van der Waals surface area contributed by atoms with E-state index in [-0.39, 0.29) is 68.7 Å². The smallest absolute Gasteiger partial charge is 0.122 e. The highest BCUT2D eigenvalue weighted by atomic mass is 16.3. The minimum absolute atomic E-state index is 0.118. The van der Waals surface area contributed by atoms with Crippen LogP contribution in [0.3, 0.4) is 0 Å². The Morgan fingerprint density at radius 1 is 0.262 bits per heavy atom. The van der Waals surface area contributed by atoms with Crippen molar-refractivity contribution in [2.24, 2.45) is 0 Å². The van der Waals surface area contributed by atoms with Gasteiger partial charge >= 0.3 is 0 Å². The molecule has 0 atom stereocenters. The van der Waals surface area contributed by atoms with Crippen LogP contribution in [-0.4, -0.2) is 25.5 Å². The van der Waals surface area contributed by atoms with Crippen LogP contribution < -0.4 is 0 Å². The quantitative estimate of drug-likeness (QED) is 0.107. The average Bonchev–Trinajstić information content (AvgIpc) is 3.10. The number of hydrogen-bond acceptors (Lipinski definition) is 5. The van der Waals surface area contributed by atoms with Crippen molar-refractivity contribution in [3.63, 3.8) is 0 Å². The van der Waals surface area contributed by atoms with Crippen molar-refractivity contribution in [1.82, 2.24) is 0 Å². The van der Waals surface area contributed by atoms with Crippen molar-refractivity contribution >= 4 is 0 Å². The molecule has 5 heteroatoms. The van der Waals surface area contributed by atoms with Gasteiger partial charge in [0.15, 0.2) is 0 Å². The minimum atomic E-state index is -0.265. The number of phenolic OH excluding ortho intramolecular Hbond substituents is 5. The fourth-order valence-corrected chi connectivity index (χ4v) is 8.05. The SMILES string of the molecule is Cc1cc(C(C)(C)C)cc(Cc2cc(C(C)(C)C)cc(Cc3cc(C(C)(C)C)cc(Cc4cc(C(C)(C)C)cc(Cc5cc(C(C)(C)C)cc(C)c5O)c4O)c3O)c2O)c1O. The van der Waals surface area contributed by atoms with E-state index in [4.69, 9.17) is 0 Å². The molecule has 0 aromatic heterocycles. The monoisotopic (exact) mass is 827 g/mol. The minimum Gasteiger partial charge on any atom is -0.507 e. The fraction of sp³-hybridized carbons (Fsp3) is 0.464. The van der Waals surface area contributed by atoms with Crippen LogP contribution in [0.25, 0.3) is 0 Å². The molecule has 0 unspecified atom stereocenters. The van der Waals surface area contributed by atoms with Gasteiger partial charge < -0.3 is 25.5 Å². The number of aromatic hydroxyl groups is 5. The Hall–Kier alpha value is -4.90. The Morgan fingerprint density at radius 3 is 0.574 bits per heavy atom. The zero-order valence-corrected chi connectivity index (χ0v) is 40.3. The van der Waals surface area contributed by atoms with Gasteiger partial charge in [-0.3, -0.25) is 0 Å². The maximum atomic E-state index is 12.3. The molecule has 0 radical (unpaired) electrons. The Labute approximate surface area is 367 Å². The van der Waals surface area contributed by atoms with Crippen molar-refractivity contribution in [3.8, 4) is 28.7 Å². The van der Waals surface area contributed by atoms with Gasteiger partial charge in [0.05, 0.1) is 0 Å². The number of phenols is 5.